The van der Waals surface area contributed by atoms with Crippen LogP contribution in [0.4, 0.5) is 10.3 Å². The maximum Gasteiger partial charge on any atom is 0.227 e. The van der Waals surface area contributed by atoms with Gasteiger partial charge in [-0.15, -0.1) is 5.10 Å². The predicted octanol–water partition coefficient (Wildman–Crippen LogP) is 3.02. The maximum absolute atomic E-state index is 13.3. The van der Waals surface area contributed by atoms with E-state index in [1.165, 1.54) is 23.9 Å². The van der Waals surface area contributed by atoms with Gasteiger partial charge >= 0.3 is 0 Å². The van der Waals surface area contributed by atoms with Gasteiger partial charge in [-0.3, -0.25) is 4.79 Å². The van der Waals surface area contributed by atoms with Gasteiger partial charge in [-0.2, -0.15) is 4.98 Å². The summed E-state index contributed by atoms with van der Waals surface area (Å²) in [6, 6.07) is 5.98. The average molecular weight is 330 g/mol. The van der Waals surface area contributed by atoms with Crippen LogP contribution in [0.5, 0.6) is 0 Å². The van der Waals surface area contributed by atoms with Crippen LogP contribution in [0.2, 0.25) is 0 Å². The number of halogens is 1. The number of carbonyl (C=O) groups excluding carboxylic acids is 1. The minimum absolute atomic E-state index is 0.177. The van der Waals surface area contributed by atoms with Gasteiger partial charge in [0.15, 0.2) is 0 Å². The summed E-state index contributed by atoms with van der Waals surface area (Å²) < 4.78 is 15.0. The van der Waals surface area contributed by atoms with E-state index in [2.05, 4.69) is 21.5 Å². The van der Waals surface area contributed by atoms with Gasteiger partial charge in [-0.05, 0) is 30.4 Å². The molecule has 0 saturated heterocycles. The molecule has 0 spiro atoms. The largest absolute Gasteiger partial charge is 0.328 e. The minimum Gasteiger partial charge on any atom is -0.328 e. The van der Waals surface area contributed by atoms with Crippen LogP contribution in [0.3, 0.4) is 0 Å². The lowest BCUT2D eigenvalue weighted by Crippen LogP contribution is -2.38. The Hall–Kier alpha value is -2.15. The molecule has 4 rings (SSSR count). The number of hydrogen-bond donors (Lipinski definition) is 1. The highest BCUT2D eigenvalue weighted by atomic mass is 32.2. The first-order chi connectivity index (χ1) is 11.2. The third kappa shape index (κ3) is 2.35. The molecule has 2 heterocycles. The Labute approximate surface area is 137 Å². The number of rotatable bonds is 2. The molecule has 1 N–H and O–H groups in total. The van der Waals surface area contributed by atoms with E-state index < -0.39 is 0 Å². The molecule has 0 saturated carbocycles. The van der Waals surface area contributed by atoms with Crippen molar-refractivity contribution in [2.45, 2.75) is 24.0 Å². The number of carbonyl (C=O) groups is 1. The number of hydrogen-bond acceptors (Lipinski definition) is 5. The molecule has 0 radical (unpaired) electrons. The number of benzene rings is 1. The Bertz CT molecular complexity index is 799. The fraction of sp³-hybridized carbons (Fsp3) is 0.312. The van der Waals surface area contributed by atoms with Crippen molar-refractivity contribution >= 4 is 23.5 Å². The molecule has 2 atom stereocenters. The number of anilines is 1. The molecule has 118 valence electrons. The fourth-order valence-electron chi connectivity index (χ4n) is 3.23. The number of ketones is 1. The van der Waals surface area contributed by atoms with Crippen LogP contribution < -0.4 is 5.32 Å². The lowest BCUT2D eigenvalue weighted by Gasteiger charge is -2.36. The summed E-state index contributed by atoms with van der Waals surface area (Å²) >= 11 is 1.45. The molecule has 0 unspecified atom stereocenters. The Morgan fingerprint density at radius 3 is 2.87 bits per heavy atom. The number of nitrogens with one attached hydrogen (secondary N) is 1. The first kappa shape index (κ1) is 14.4. The molecule has 1 aliphatic carbocycles. The second kappa shape index (κ2) is 5.49. The first-order valence-corrected chi connectivity index (χ1v) is 8.65. The third-order valence-electron chi connectivity index (χ3n) is 4.28. The molecule has 0 fully saturated rings. The molecule has 1 aromatic carbocycles. The van der Waals surface area contributed by atoms with E-state index in [0.717, 1.165) is 17.7 Å². The van der Waals surface area contributed by atoms with Crippen molar-refractivity contribution in [3.05, 3.63) is 47.4 Å². The molecular weight excluding hydrogens is 315 g/mol. The van der Waals surface area contributed by atoms with Crippen molar-refractivity contribution in [3.63, 3.8) is 0 Å². The topological polar surface area (TPSA) is 59.8 Å². The molecule has 2 aliphatic rings. The van der Waals surface area contributed by atoms with Crippen LogP contribution in [0, 0.1) is 11.7 Å². The van der Waals surface area contributed by atoms with Crippen LogP contribution in [-0.2, 0) is 4.79 Å². The lowest BCUT2D eigenvalue weighted by molar-refractivity contribution is -0.123. The zero-order valence-corrected chi connectivity index (χ0v) is 13.3. The van der Waals surface area contributed by atoms with Crippen molar-refractivity contribution in [2.24, 2.45) is 5.92 Å². The second-order valence-corrected chi connectivity index (χ2v) is 6.40. The van der Waals surface area contributed by atoms with Crippen LogP contribution in [0.15, 0.2) is 41.2 Å². The lowest BCUT2D eigenvalue weighted by atomic mass is 9.81. The molecule has 2 aromatic rings. The number of Topliss-reactive ketones (excluding diaryl/α,β-unsaturated/α-hetero) is 1. The SMILES string of the molecule is CSc1nc2n(n1)[C@@H](c1ccc(F)cc1)[C@@H]1C(=O)CCC=C1N2. The normalized spacial score (nSPS) is 22.9. The highest BCUT2D eigenvalue weighted by Crippen LogP contribution is 2.41. The van der Waals surface area contributed by atoms with Crippen molar-refractivity contribution in [2.75, 3.05) is 11.6 Å². The first-order valence-electron chi connectivity index (χ1n) is 7.43. The average Bonchev–Trinajstić information content (AvgIpc) is 2.97. The highest BCUT2D eigenvalue weighted by molar-refractivity contribution is 7.98. The highest BCUT2D eigenvalue weighted by Gasteiger charge is 2.41. The zero-order valence-electron chi connectivity index (χ0n) is 12.5. The van der Waals surface area contributed by atoms with Gasteiger partial charge in [-0.25, -0.2) is 9.07 Å². The summed E-state index contributed by atoms with van der Waals surface area (Å²) in [7, 11) is 0. The zero-order chi connectivity index (χ0) is 16.0. The van der Waals surface area contributed by atoms with Gasteiger partial charge in [0.25, 0.3) is 0 Å². The summed E-state index contributed by atoms with van der Waals surface area (Å²) in [6.07, 6.45) is 5.22. The van der Waals surface area contributed by atoms with Gasteiger partial charge in [0.2, 0.25) is 11.1 Å². The van der Waals surface area contributed by atoms with Gasteiger partial charge in [0, 0.05) is 12.1 Å². The Kier molecular flexibility index (Phi) is 3.45. The molecule has 0 amide bonds. The standard InChI is InChI=1S/C16H15FN4OS/c1-23-16-19-15-18-11-3-2-4-12(22)13(11)14(21(15)20-16)9-5-7-10(17)8-6-9/h3,5-8,13-14H,2,4H2,1H3,(H,18,19,20)/t13-,14-/m0/s1. The summed E-state index contributed by atoms with van der Waals surface area (Å²) in [6.45, 7) is 0. The van der Waals surface area contributed by atoms with E-state index in [9.17, 15) is 9.18 Å². The van der Waals surface area contributed by atoms with Gasteiger partial charge < -0.3 is 5.32 Å². The fourth-order valence-corrected chi connectivity index (χ4v) is 3.58. The molecule has 1 aliphatic heterocycles. The van der Waals surface area contributed by atoms with Crippen LogP contribution in [0.25, 0.3) is 0 Å². The summed E-state index contributed by atoms with van der Waals surface area (Å²) in [5, 5.41) is 8.39. The summed E-state index contributed by atoms with van der Waals surface area (Å²) in [5.41, 5.74) is 1.74. The van der Waals surface area contributed by atoms with E-state index >= 15 is 0 Å². The predicted molar refractivity (Wildman–Crippen MR) is 85.8 cm³/mol. The molecule has 23 heavy (non-hydrogen) atoms. The van der Waals surface area contributed by atoms with Crippen molar-refractivity contribution in [1.29, 1.82) is 0 Å². The van der Waals surface area contributed by atoms with E-state index in [1.807, 2.05) is 6.26 Å². The van der Waals surface area contributed by atoms with Gasteiger partial charge in [-0.1, -0.05) is 30.0 Å². The monoisotopic (exact) mass is 330 g/mol. The number of allylic oxidation sites excluding steroid dienone is 2. The van der Waals surface area contributed by atoms with Crippen molar-refractivity contribution in [1.82, 2.24) is 14.8 Å². The maximum atomic E-state index is 13.3. The number of aromatic nitrogens is 3. The van der Waals surface area contributed by atoms with E-state index in [4.69, 9.17) is 0 Å². The molecule has 1 aromatic heterocycles. The van der Waals surface area contributed by atoms with Gasteiger partial charge in [0.05, 0.1) is 12.0 Å². The van der Waals surface area contributed by atoms with Crippen LogP contribution in [-0.4, -0.2) is 26.8 Å². The van der Waals surface area contributed by atoms with E-state index in [1.54, 1.807) is 16.8 Å². The second-order valence-electron chi connectivity index (χ2n) is 5.63. The molecule has 5 nitrogen and oxygen atoms in total. The Morgan fingerprint density at radius 2 is 2.13 bits per heavy atom. The quantitative estimate of drug-likeness (QED) is 0.858. The summed E-state index contributed by atoms with van der Waals surface area (Å²) in [5.74, 6) is 0.187. The molecule has 7 heteroatoms. The van der Waals surface area contributed by atoms with Crippen molar-refractivity contribution in [3.8, 4) is 0 Å². The van der Waals surface area contributed by atoms with E-state index in [-0.39, 0.29) is 23.6 Å². The number of nitrogens with zero attached hydrogens (tertiary/aromatic N) is 3. The smallest absolute Gasteiger partial charge is 0.227 e. The minimum atomic E-state index is -0.321. The Balaban J connectivity index is 1.89. The summed E-state index contributed by atoms with van der Waals surface area (Å²) in [4.78, 5) is 17.0. The Morgan fingerprint density at radius 1 is 1.35 bits per heavy atom. The molecular formula is C16H15FN4OS. The number of thioether (sulfide) groups is 1. The van der Waals surface area contributed by atoms with Crippen LogP contribution >= 0.6 is 11.8 Å². The number of fused-ring (bicyclic) bond motifs is 2. The van der Waals surface area contributed by atoms with E-state index in [0.29, 0.717) is 17.5 Å². The molecule has 0 bridgehead atoms. The van der Waals surface area contributed by atoms with Crippen molar-refractivity contribution < 1.29 is 9.18 Å². The third-order valence-corrected chi connectivity index (χ3v) is 4.82. The van der Waals surface area contributed by atoms with Gasteiger partial charge in [0.1, 0.15) is 11.6 Å². The van der Waals surface area contributed by atoms with Crippen LogP contribution in [0.1, 0.15) is 24.4 Å².